The van der Waals surface area contributed by atoms with Crippen LogP contribution >= 0.6 is 0 Å². The quantitative estimate of drug-likeness (QED) is 0.229. The van der Waals surface area contributed by atoms with Crippen LogP contribution in [0.15, 0.2) is 85.3 Å². The number of fused-ring (bicyclic) bond motifs is 1. The van der Waals surface area contributed by atoms with Crippen LogP contribution < -0.4 is 20.9 Å². The average Bonchev–Trinajstić information content (AvgIpc) is 3.06. The van der Waals surface area contributed by atoms with E-state index < -0.39 is 0 Å². The molecule has 0 radical (unpaired) electrons. The van der Waals surface area contributed by atoms with E-state index in [-0.39, 0.29) is 11.9 Å². The summed E-state index contributed by atoms with van der Waals surface area (Å²) in [5.74, 6) is 1.26. The summed E-state index contributed by atoms with van der Waals surface area (Å²) in [4.78, 5) is 45.2. The van der Waals surface area contributed by atoms with Crippen molar-refractivity contribution in [2.24, 2.45) is 0 Å². The number of urea groups is 1. The molecule has 0 spiro atoms. The molecule has 2 aromatic carbocycles. The summed E-state index contributed by atoms with van der Waals surface area (Å²) in [6.45, 7) is 4.46. The summed E-state index contributed by atoms with van der Waals surface area (Å²) >= 11 is 0. The molecule has 6 rings (SSSR count). The zero-order valence-corrected chi connectivity index (χ0v) is 23.6. The summed E-state index contributed by atoms with van der Waals surface area (Å²) in [6, 6.07) is 19.8. The van der Waals surface area contributed by atoms with Crippen molar-refractivity contribution in [2.45, 2.75) is 13.3 Å². The molecule has 0 unspecified atom stereocenters. The molecule has 0 atom stereocenters. The van der Waals surface area contributed by atoms with E-state index in [2.05, 4.69) is 25.8 Å². The maximum Gasteiger partial charge on any atom is 0.323 e. The SMILES string of the molecule is CCC(=O)Nc1ccc(NC(=O)Nc2ccc(-c3nc(N4CCOCC4)c4ncc(-c5cccnc5)cc4n3)cc2)cc1. The van der Waals surface area contributed by atoms with Crippen LogP contribution in [0, 0.1) is 0 Å². The van der Waals surface area contributed by atoms with Crippen molar-refractivity contribution in [2.75, 3.05) is 47.2 Å². The lowest BCUT2D eigenvalue weighted by molar-refractivity contribution is -0.115. The smallest absolute Gasteiger partial charge is 0.323 e. The van der Waals surface area contributed by atoms with Crippen molar-refractivity contribution in [1.29, 1.82) is 0 Å². The number of ether oxygens (including phenoxy) is 1. The molecule has 1 saturated heterocycles. The minimum atomic E-state index is -0.386. The molecule has 5 aromatic rings. The molecule has 3 aromatic heterocycles. The highest BCUT2D eigenvalue weighted by Crippen LogP contribution is 2.30. The number of benzene rings is 2. The third kappa shape index (κ3) is 6.57. The van der Waals surface area contributed by atoms with Crippen LogP contribution in [-0.4, -0.2) is 58.2 Å². The number of carbonyl (C=O) groups excluding carboxylic acids is 2. The first-order chi connectivity index (χ1) is 21.1. The second kappa shape index (κ2) is 12.6. The van der Waals surface area contributed by atoms with Crippen molar-refractivity contribution in [3.63, 3.8) is 0 Å². The molecule has 0 saturated carbocycles. The summed E-state index contributed by atoms with van der Waals surface area (Å²) < 4.78 is 5.56. The van der Waals surface area contributed by atoms with Crippen LogP contribution in [0.2, 0.25) is 0 Å². The van der Waals surface area contributed by atoms with E-state index in [1.54, 1.807) is 43.6 Å². The van der Waals surface area contributed by atoms with Crippen molar-refractivity contribution in [1.82, 2.24) is 19.9 Å². The molecule has 3 N–H and O–H groups in total. The number of anilines is 4. The van der Waals surface area contributed by atoms with Crippen LogP contribution in [0.5, 0.6) is 0 Å². The zero-order chi connectivity index (χ0) is 29.6. The summed E-state index contributed by atoms with van der Waals surface area (Å²) in [5.41, 5.74) is 6.03. The van der Waals surface area contributed by atoms with Gasteiger partial charge in [0.25, 0.3) is 0 Å². The first-order valence-electron chi connectivity index (χ1n) is 14.0. The minimum Gasteiger partial charge on any atom is -0.378 e. The van der Waals surface area contributed by atoms with Gasteiger partial charge in [-0.1, -0.05) is 13.0 Å². The second-order valence-electron chi connectivity index (χ2n) is 9.94. The highest BCUT2D eigenvalue weighted by molar-refractivity contribution is 6.00. The van der Waals surface area contributed by atoms with E-state index in [0.717, 1.165) is 33.5 Å². The van der Waals surface area contributed by atoms with Crippen LogP contribution in [0.25, 0.3) is 33.5 Å². The predicted octanol–water partition coefficient (Wildman–Crippen LogP) is 5.58. The topological polar surface area (TPSA) is 134 Å². The molecule has 3 amide bonds. The van der Waals surface area contributed by atoms with E-state index >= 15 is 0 Å². The van der Waals surface area contributed by atoms with Gasteiger partial charge in [-0.25, -0.2) is 14.8 Å². The molecular weight excluding hydrogens is 544 g/mol. The molecule has 1 aliphatic rings. The fraction of sp³-hybridized carbons (Fsp3) is 0.188. The highest BCUT2D eigenvalue weighted by Gasteiger charge is 2.20. The molecule has 0 aliphatic carbocycles. The number of nitrogens with zero attached hydrogens (tertiary/aromatic N) is 5. The molecule has 0 bridgehead atoms. The van der Waals surface area contributed by atoms with E-state index in [1.165, 1.54) is 0 Å². The molecule has 1 aliphatic heterocycles. The molecule has 216 valence electrons. The fourth-order valence-corrected chi connectivity index (χ4v) is 4.70. The van der Waals surface area contributed by atoms with Crippen molar-refractivity contribution in [3.8, 4) is 22.5 Å². The fourth-order valence-electron chi connectivity index (χ4n) is 4.70. The predicted molar refractivity (Wildman–Crippen MR) is 167 cm³/mol. The van der Waals surface area contributed by atoms with Gasteiger partial charge >= 0.3 is 6.03 Å². The number of hydrogen-bond donors (Lipinski definition) is 3. The Morgan fingerprint density at radius 1 is 0.814 bits per heavy atom. The first-order valence-corrected chi connectivity index (χ1v) is 14.0. The molecule has 11 heteroatoms. The largest absolute Gasteiger partial charge is 0.378 e. The number of nitrogens with one attached hydrogen (secondary N) is 3. The number of morpholine rings is 1. The Balaban J connectivity index is 1.22. The van der Waals surface area contributed by atoms with Gasteiger partial charge in [0, 0.05) is 71.9 Å². The average molecular weight is 575 g/mol. The Bertz CT molecular complexity index is 1740. The zero-order valence-electron chi connectivity index (χ0n) is 23.6. The highest BCUT2D eigenvalue weighted by atomic mass is 16.5. The van der Waals surface area contributed by atoms with Gasteiger partial charge in [0.05, 0.1) is 18.7 Å². The lowest BCUT2D eigenvalue weighted by Crippen LogP contribution is -2.37. The van der Waals surface area contributed by atoms with Crippen LogP contribution in [0.3, 0.4) is 0 Å². The van der Waals surface area contributed by atoms with Crippen molar-refractivity contribution in [3.05, 3.63) is 85.3 Å². The Labute approximate surface area is 248 Å². The molecular formula is C32H30N8O3. The van der Waals surface area contributed by atoms with Gasteiger partial charge in [-0.2, -0.15) is 0 Å². The number of carbonyl (C=O) groups is 2. The Kier molecular flexibility index (Phi) is 8.14. The van der Waals surface area contributed by atoms with E-state index in [1.807, 2.05) is 48.7 Å². The second-order valence-corrected chi connectivity index (χ2v) is 9.94. The standard InChI is InChI=1S/C32H30N8O3/c1-2-28(41)35-24-9-11-26(12-10-24)37-32(42)36-25-7-5-21(6-8-25)30-38-27-18-23(22-4-3-13-33-19-22)20-34-29(27)31(39-30)40-14-16-43-17-15-40/h3-13,18-20H,2,14-17H2,1H3,(H,35,41)(H2,36,37,42). The number of rotatable bonds is 7. The molecule has 43 heavy (non-hydrogen) atoms. The lowest BCUT2D eigenvalue weighted by Gasteiger charge is -2.28. The third-order valence-electron chi connectivity index (χ3n) is 6.97. The molecule has 11 nitrogen and oxygen atoms in total. The Hall–Kier alpha value is -5.42. The Morgan fingerprint density at radius 3 is 2.14 bits per heavy atom. The van der Waals surface area contributed by atoms with Gasteiger partial charge in [-0.3, -0.25) is 14.8 Å². The maximum absolute atomic E-state index is 12.6. The van der Waals surface area contributed by atoms with E-state index in [9.17, 15) is 9.59 Å². The first kappa shape index (κ1) is 27.7. The van der Waals surface area contributed by atoms with Crippen molar-refractivity contribution >= 4 is 45.9 Å². The Morgan fingerprint density at radius 2 is 1.49 bits per heavy atom. The van der Waals surface area contributed by atoms with Gasteiger partial charge in [-0.15, -0.1) is 0 Å². The van der Waals surface area contributed by atoms with Gasteiger partial charge < -0.3 is 25.6 Å². The molecule has 1 fully saturated rings. The normalized spacial score (nSPS) is 13.0. The lowest BCUT2D eigenvalue weighted by atomic mass is 10.1. The van der Waals surface area contributed by atoms with Crippen LogP contribution in [-0.2, 0) is 9.53 Å². The van der Waals surface area contributed by atoms with Crippen LogP contribution in [0.4, 0.5) is 27.7 Å². The summed E-state index contributed by atoms with van der Waals surface area (Å²) in [5, 5.41) is 8.42. The van der Waals surface area contributed by atoms with E-state index in [4.69, 9.17) is 19.7 Å². The summed E-state index contributed by atoms with van der Waals surface area (Å²) in [7, 11) is 0. The van der Waals surface area contributed by atoms with Gasteiger partial charge in [-0.05, 0) is 60.7 Å². The molecule has 4 heterocycles. The van der Waals surface area contributed by atoms with Crippen molar-refractivity contribution < 1.29 is 14.3 Å². The number of pyridine rings is 2. The van der Waals surface area contributed by atoms with Gasteiger partial charge in [0.1, 0.15) is 5.52 Å². The summed E-state index contributed by atoms with van der Waals surface area (Å²) in [6.07, 6.45) is 5.77. The number of hydrogen-bond acceptors (Lipinski definition) is 8. The van der Waals surface area contributed by atoms with Crippen LogP contribution in [0.1, 0.15) is 13.3 Å². The van der Waals surface area contributed by atoms with Gasteiger partial charge in [0.2, 0.25) is 5.91 Å². The third-order valence-corrected chi connectivity index (χ3v) is 6.97. The number of aromatic nitrogens is 4. The minimum absolute atomic E-state index is 0.0699. The monoisotopic (exact) mass is 574 g/mol. The number of amides is 3. The maximum atomic E-state index is 12.6. The van der Waals surface area contributed by atoms with E-state index in [0.29, 0.717) is 55.6 Å². The van der Waals surface area contributed by atoms with Gasteiger partial charge in [0.15, 0.2) is 11.6 Å².